The average Bonchev–Trinajstić information content (AvgIpc) is 2.28. The first kappa shape index (κ1) is 13.7. The highest BCUT2D eigenvalue weighted by Gasteiger charge is 2.14. The molecule has 2 rings (SSSR count). The van der Waals surface area contributed by atoms with Gasteiger partial charge in [-0.1, -0.05) is 0 Å². The van der Waals surface area contributed by atoms with Gasteiger partial charge in [-0.2, -0.15) is 0 Å². The van der Waals surface area contributed by atoms with Gasteiger partial charge in [0.05, 0.1) is 13.2 Å². The van der Waals surface area contributed by atoms with Gasteiger partial charge in [0.1, 0.15) is 16.2 Å². The van der Waals surface area contributed by atoms with Gasteiger partial charge in [-0.15, -0.1) is 0 Å². The standard InChI is InChI=1S/C12H19BrN4O/c1-9(8-17-3-5-18-6-4-17)14-12-7-11(13)15-10(2)16-12/h7,9H,3-6,8H2,1-2H3,(H,14,15,16). The first-order valence-electron chi connectivity index (χ1n) is 6.21. The third kappa shape index (κ3) is 4.19. The molecule has 1 saturated heterocycles. The van der Waals surface area contributed by atoms with E-state index in [1.54, 1.807) is 0 Å². The molecular weight excluding hydrogens is 296 g/mol. The first-order valence-corrected chi connectivity index (χ1v) is 7.00. The monoisotopic (exact) mass is 314 g/mol. The summed E-state index contributed by atoms with van der Waals surface area (Å²) < 4.78 is 6.16. The number of nitrogens with zero attached hydrogens (tertiary/aromatic N) is 3. The highest BCUT2D eigenvalue weighted by Crippen LogP contribution is 2.13. The highest BCUT2D eigenvalue weighted by atomic mass is 79.9. The fraction of sp³-hybridized carbons (Fsp3) is 0.667. The molecule has 1 aliphatic heterocycles. The summed E-state index contributed by atoms with van der Waals surface area (Å²) >= 11 is 3.38. The van der Waals surface area contributed by atoms with E-state index < -0.39 is 0 Å². The van der Waals surface area contributed by atoms with Crippen molar-refractivity contribution in [3.8, 4) is 0 Å². The normalized spacial score (nSPS) is 18.6. The predicted octanol–water partition coefficient (Wildman–Crippen LogP) is 1.68. The lowest BCUT2D eigenvalue weighted by atomic mass is 10.3. The molecule has 1 unspecified atom stereocenters. The number of morpholine rings is 1. The SMILES string of the molecule is Cc1nc(Br)cc(NC(C)CN2CCOCC2)n1. The van der Waals surface area contributed by atoms with Crippen molar-refractivity contribution in [2.24, 2.45) is 0 Å². The second kappa shape index (κ2) is 6.45. The Hall–Kier alpha value is -0.720. The Morgan fingerprint density at radius 1 is 1.44 bits per heavy atom. The lowest BCUT2D eigenvalue weighted by Crippen LogP contribution is -2.42. The number of aromatic nitrogens is 2. The Bertz CT molecular complexity index is 375. The zero-order chi connectivity index (χ0) is 13.0. The summed E-state index contributed by atoms with van der Waals surface area (Å²) in [6.07, 6.45) is 0. The molecule has 6 heteroatoms. The number of halogens is 1. The number of anilines is 1. The molecule has 1 aliphatic rings. The van der Waals surface area contributed by atoms with Gasteiger partial charge in [0, 0.05) is 31.7 Å². The van der Waals surface area contributed by atoms with Crippen molar-refractivity contribution >= 4 is 21.7 Å². The van der Waals surface area contributed by atoms with Crippen molar-refractivity contribution in [3.63, 3.8) is 0 Å². The number of hydrogen-bond acceptors (Lipinski definition) is 5. The van der Waals surface area contributed by atoms with Gasteiger partial charge >= 0.3 is 0 Å². The maximum Gasteiger partial charge on any atom is 0.131 e. The quantitative estimate of drug-likeness (QED) is 0.857. The van der Waals surface area contributed by atoms with Crippen LogP contribution in [0.4, 0.5) is 5.82 Å². The molecule has 0 amide bonds. The Morgan fingerprint density at radius 2 is 2.17 bits per heavy atom. The molecule has 0 spiro atoms. The fourth-order valence-corrected chi connectivity index (χ4v) is 2.55. The summed E-state index contributed by atoms with van der Waals surface area (Å²) in [5.41, 5.74) is 0. The summed E-state index contributed by atoms with van der Waals surface area (Å²) in [4.78, 5) is 11.0. The van der Waals surface area contributed by atoms with Crippen LogP contribution in [0.3, 0.4) is 0 Å². The van der Waals surface area contributed by atoms with Crippen LogP contribution in [0.2, 0.25) is 0 Å². The molecule has 1 aromatic rings. The Morgan fingerprint density at radius 3 is 2.83 bits per heavy atom. The Kier molecular flexibility index (Phi) is 4.91. The summed E-state index contributed by atoms with van der Waals surface area (Å²) in [6, 6.07) is 2.26. The van der Waals surface area contributed by atoms with Crippen LogP contribution in [0.25, 0.3) is 0 Å². The Balaban J connectivity index is 1.87. The van der Waals surface area contributed by atoms with Crippen LogP contribution in [-0.4, -0.2) is 53.8 Å². The Labute approximate surface area is 116 Å². The number of nitrogens with one attached hydrogen (secondary N) is 1. The molecule has 100 valence electrons. The van der Waals surface area contributed by atoms with Crippen LogP contribution >= 0.6 is 15.9 Å². The first-order chi connectivity index (χ1) is 8.63. The molecule has 0 bridgehead atoms. The van der Waals surface area contributed by atoms with Crippen molar-refractivity contribution in [1.29, 1.82) is 0 Å². The van der Waals surface area contributed by atoms with Gasteiger partial charge in [0.25, 0.3) is 0 Å². The van der Waals surface area contributed by atoms with Crippen LogP contribution in [0, 0.1) is 6.92 Å². The van der Waals surface area contributed by atoms with E-state index in [1.165, 1.54) is 0 Å². The van der Waals surface area contributed by atoms with Crippen molar-refractivity contribution < 1.29 is 4.74 Å². The number of ether oxygens (including phenoxy) is 1. The maximum atomic E-state index is 5.34. The molecule has 1 fully saturated rings. The van der Waals surface area contributed by atoms with Gasteiger partial charge in [0.15, 0.2) is 0 Å². The van der Waals surface area contributed by atoms with Gasteiger partial charge in [-0.3, -0.25) is 4.90 Å². The van der Waals surface area contributed by atoms with E-state index in [4.69, 9.17) is 4.74 Å². The van der Waals surface area contributed by atoms with Crippen LogP contribution in [0.5, 0.6) is 0 Å². The number of aryl methyl sites for hydroxylation is 1. The molecule has 1 N–H and O–H groups in total. The maximum absolute atomic E-state index is 5.34. The summed E-state index contributed by atoms with van der Waals surface area (Å²) in [5, 5.41) is 3.41. The molecule has 0 saturated carbocycles. The third-order valence-corrected chi connectivity index (χ3v) is 3.24. The molecule has 0 aromatic carbocycles. The van der Waals surface area contributed by atoms with E-state index in [0.717, 1.165) is 49.1 Å². The van der Waals surface area contributed by atoms with Gasteiger partial charge in [-0.25, -0.2) is 9.97 Å². The minimum Gasteiger partial charge on any atom is -0.379 e. The topological polar surface area (TPSA) is 50.3 Å². The van der Waals surface area contributed by atoms with Crippen LogP contribution < -0.4 is 5.32 Å². The molecule has 2 heterocycles. The molecule has 1 atom stereocenters. The van der Waals surface area contributed by atoms with Gasteiger partial charge in [-0.05, 0) is 29.8 Å². The predicted molar refractivity (Wildman–Crippen MR) is 74.8 cm³/mol. The second-order valence-corrected chi connectivity index (χ2v) is 5.39. The largest absolute Gasteiger partial charge is 0.379 e. The van der Waals surface area contributed by atoms with Crippen molar-refractivity contribution in [2.45, 2.75) is 19.9 Å². The number of rotatable bonds is 4. The third-order valence-electron chi connectivity index (χ3n) is 2.84. The summed E-state index contributed by atoms with van der Waals surface area (Å²) in [7, 11) is 0. The average molecular weight is 315 g/mol. The number of hydrogen-bond donors (Lipinski definition) is 1. The fourth-order valence-electron chi connectivity index (χ4n) is 2.07. The lowest BCUT2D eigenvalue weighted by Gasteiger charge is -2.29. The summed E-state index contributed by atoms with van der Waals surface area (Å²) in [6.45, 7) is 8.76. The molecular formula is C12H19BrN4O. The molecule has 0 aliphatic carbocycles. The zero-order valence-corrected chi connectivity index (χ0v) is 12.4. The molecule has 0 radical (unpaired) electrons. The second-order valence-electron chi connectivity index (χ2n) is 4.58. The van der Waals surface area contributed by atoms with Crippen molar-refractivity contribution in [3.05, 3.63) is 16.5 Å². The lowest BCUT2D eigenvalue weighted by molar-refractivity contribution is 0.0368. The van der Waals surface area contributed by atoms with Crippen LogP contribution in [0.15, 0.2) is 10.7 Å². The summed E-state index contributed by atoms with van der Waals surface area (Å²) in [5.74, 6) is 1.64. The van der Waals surface area contributed by atoms with Crippen molar-refractivity contribution in [2.75, 3.05) is 38.2 Å². The van der Waals surface area contributed by atoms with Gasteiger partial charge < -0.3 is 10.1 Å². The van der Waals surface area contributed by atoms with E-state index in [-0.39, 0.29) is 0 Å². The van der Waals surface area contributed by atoms with E-state index in [1.807, 2.05) is 13.0 Å². The van der Waals surface area contributed by atoms with Crippen LogP contribution in [-0.2, 0) is 4.74 Å². The van der Waals surface area contributed by atoms with E-state index in [0.29, 0.717) is 6.04 Å². The van der Waals surface area contributed by atoms with Crippen LogP contribution in [0.1, 0.15) is 12.7 Å². The molecule has 18 heavy (non-hydrogen) atoms. The minimum atomic E-state index is 0.351. The van der Waals surface area contributed by atoms with Crippen molar-refractivity contribution in [1.82, 2.24) is 14.9 Å². The van der Waals surface area contributed by atoms with E-state index >= 15 is 0 Å². The minimum absolute atomic E-state index is 0.351. The van der Waals surface area contributed by atoms with Gasteiger partial charge in [0.2, 0.25) is 0 Å². The molecule has 1 aromatic heterocycles. The zero-order valence-electron chi connectivity index (χ0n) is 10.8. The van der Waals surface area contributed by atoms with E-state index in [2.05, 4.69) is 43.0 Å². The highest BCUT2D eigenvalue weighted by molar-refractivity contribution is 9.10. The molecule has 5 nitrogen and oxygen atoms in total. The van der Waals surface area contributed by atoms with E-state index in [9.17, 15) is 0 Å². The smallest absolute Gasteiger partial charge is 0.131 e.